The molecule has 0 atom stereocenters. The van der Waals surface area contributed by atoms with E-state index in [4.69, 9.17) is 27.9 Å². The highest BCUT2D eigenvalue weighted by Crippen LogP contribution is 2.27. The van der Waals surface area contributed by atoms with E-state index < -0.39 is 39.6 Å². The van der Waals surface area contributed by atoms with E-state index >= 15 is 0 Å². The molecule has 10 nitrogen and oxygen atoms in total. The number of urea groups is 1. The number of anilines is 3. The van der Waals surface area contributed by atoms with E-state index in [-0.39, 0.29) is 38.4 Å². The number of carboxylic acids is 1. The molecule has 0 heterocycles. The van der Waals surface area contributed by atoms with Gasteiger partial charge < -0.3 is 25.8 Å². The molecule has 0 saturated carbocycles. The Kier molecular flexibility index (Phi) is 8.35. The number of rotatable bonds is 8. The molecule has 4 N–H and O–H groups in total. The third-order valence-corrected chi connectivity index (χ3v) is 5.78. The Bertz CT molecular complexity index is 1450. The lowest BCUT2D eigenvalue weighted by Crippen LogP contribution is -2.22. The van der Waals surface area contributed by atoms with E-state index in [0.29, 0.717) is 0 Å². The minimum Gasteiger partial charge on any atom is -0.483 e. The van der Waals surface area contributed by atoms with Crippen LogP contribution in [0.5, 0.6) is 5.75 Å². The average molecular weight is 556 g/mol. The van der Waals surface area contributed by atoms with Gasteiger partial charge in [0.1, 0.15) is 16.2 Å². The summed E-state index contributed by atoms with van der Waals surface area (Å²) in [4.78, 5) is 35.2. The fraction of sp³-hybridized carbons (Fsp3) is 0.0455. The minimum absolute atomic E-state index is 0.0229. The van der Waals surface area contributed by atoms with Crippen LogP contribution in [0.1, 0.15) is 10.4 Å². The van der Waals surface area contributed by atoms with Crippen LogP contribution in [0.3, 0.4) is 0 Å². The van der Waals surface area contributed by atoms with Crippen molar-refractivity contribution in [2.75, 3.05) is 22.6 Å². The van der Waals surface area contributed by atoms with Crippen LogP contribution in [-0.4, -0.2) is 38.0 Å². The van der Waals surface area contributed by atoms with E-state index in [0.717, 1.165) is 18.2 Å². The topological polar surface area (TPSA) is 151 Å². The fourth-order valence-electron chi connectivity index (χ4n) is 2.85. The lowest BCUT2D eigenvalue weighted by molar-refractivity contribution is -0.118. The van der Waals surface area contributed by atoms with Crippen molar-refractivity contribution >= 4 is 68.4 Å². The highest BCUT2D eigenvalue weighted by atomic mass is 35.5. The summed E-state index contributed by atoms with van der Waals surface area (Å²) >= 11 is 11.7. The number of ether oxygens (including phenoxy) is 1. The number of carbonyl (C=O) groups excluding carboxylic acids is 2. The van der Waals surface area contributed by atoms with Crippen LogP contribution < -0.4 is 20.7 Å². The second kappa shape index (κ2) is 11.2. The molecule has 3 aromatic carbocycles. The van der Waals surface area contributed by atoms with Crippen LogP contribution in [0.15, 0.2) is 65.6 Å². The summed E-state index contributed by atoms with van der Waals surface area (Å²) in [5.41, 5.74) is 0.168. The second-order valence-electron chi connectivity index (χ2n) is 7.02. The van der Waals surface area contributed by atoms with Crippen LogP contribution in [0.2, 0.25) is 10.0 Å². The van der Waals surface area contributed by atoms with E-state index in [1.807, 2.05) is 0 Å². The quantitative estimate of drug-likeness (QED) is 0.285. The normalized spacial score (nSPS) is 10.9. The van der Waals surface area contributed by atoms with E-state index in [1.54, 1.807) is 0 Å². The van der Waals surface area contributed by atoms with Gasteiger partial charge in [0.25, 0.3) is 5.91 Å². The molecule has 0 aliphatic heterocycles. The lowest BCUT2D eigenvalue weighted by atomic mass is 10.2. The summed E-state index contributed by atoms with van der Waals surface area (Å²) in [6.45, 7) is -0.508. The van der Waals surface area contributed by atoms with Gasteiger partial charge in [-0.1, -0.05) is 29.3 Å². The van der Waals surface area contributed by atoms with Crippen LogP contribution in [0.25, 0.3) is 0 Å². The predicted octanol–water partition coefficient (Wildman–Crippen LogP) is 5.01. The summed E-state index contributed by atoms with van der Waals surface area (Å²) < 4.78 is 40.6. The first kappa shape index (κ1) is 26.7. The Morgan fingerprint density at radius 2 is 1.61 bits per heavy atom. The number of benzene rings is 3. The Balaban J connectivity index is 1.61. The zero-order valence-electron chi connectivity index (χ0n) is 17.9. The number of amides is 3. The van der Waals surface area contributed by atoms with Gasteiger partial charge in [-0.25, -0.2) is 9.59 Å². The first-order valence-corrected chi connectivity index (χ1v) is 11.9. The van der Waals surface area contributed by atoms with Gasteiger partial charge >= 0.3 is 22.2 Å². The number of aromatic carboxylic acids is 1. The molecule has 0 aromatic heterocycles. The average Bonchev–Trinajstić information content (AvgIpc) is 2.79. The highest BCUT2D eigenvalue weighted by Gasteiger charge is 2.16. The van der Waals surface area contributed by atoms with Gasteiger partial charge in [-0.15, -0.1) is 3.89 Å². The molecule has 0 aliphatic rings. The standard InChI is InChI=1S/C22H16Cl2FN3O7S/c23-12-4-7-19(16(8-12)21(30)31)35-11-20(29)26-13-2-1-3-14(9-13)27-22(32)28-18-10-15(36(25,33)34)5-6-17(18)24/h1-10H,11H2,(H,26,29)(H,30,31)(H2,27,28,32). The van der Waals surface area contributed by atoms with E-state index in [1.165, 1.54) is 42.5 Å². The van der Waals surface area contributed by atoms with Gasteiger partial charge in [-0.2, -0.15) is 8.42 Å². The van der Waals surface area contributed by atoms with Crippen molar-refractivity contribution in [1.82, 2.24) is 0 Å². The van der Waals surface area contributed by atoms with Gasteiger partial charge in [0, 0.05) is 16.4 Å². The zero-order chi connectivity index (χ0) is 26.5. The van der Waals surface area contributed by atoms with Crippen LogP contribution >= 0.6 is 23.2 Å². The molecule has 3 rings (SSSR count). The molecule has 14 heteroatoms. The zero-order valence-corrected chi connectivity index (χ0v) is 20.2. The van der Waals surface area contributed by atoms with Crippen molar-refractivity contribution in [3.05, 3.63) is 76.3 Å². The Morgan fingerprint density at radius 1 is 0.917 bits per heavy atom. The number of halogens is 3. The number of hydrogen-bond acceptors (Lipinski definition) is 6. The molecule has 0 radical (unpaired) electrons. The van der Waals surface area contributed by atoms with Crippen molar-refractivity contribution in [3.8, 4) is 5.75 Å². The molecule has 0 unspecified atom stereocenters. The first-order chi connectivity index (χ1) is 16.9. The number of carboxylic acid groups (broad SMARTS) is 1. The molecule has 188 valence electrons. The minimum atomic E-state index is -5.00. The van der Waals surface area contributed by atoms with Gasteiger partial charge in [-0.05, 0) is 54.6 Å². The Morgan fingerprint density at radius 3 is 2.28 bits per heavy atom. The maximum absolute atomic E-state index is 13.2. The highest BCUT2D eigenvalue weighted by molar-refractivity contribution is 7.86. The summed E-state index contributed by atoms with van der Waals surface area (Å²) in [6.07, 6.45) is 0. The van der Waals surface area contributed by atoms with E-state index in [2.05, 4.69) is 16.0 Å². The third kappa shape index (κ3) is 7.31. The molecule has 0 saturated heterocycles. The number of carbonyl (C=O) groups is 3. The molecule has 36 heavy (non-hydrogen) atoms. The van der Waals surface area contributed by atoms with Crippen LogP contribution in [0.4, 0.5) is 25.7 Å². The lowest BCUT2D eigenvalue weighted by Gasteiger charge is -2.12. The molecule has 0 fully saturated rings. The second-order valence-corrected chi connectivity index (χ2v) is 9.21. The molecule has 0 aliphatic carbocycles. The molecule has 3 amide bonds. The van der Waals surface area contributed by atoms with Crippen molar-refractivity contribution in [2.45, 2.75) is 4.90 Å². The molecule has 0 spiro atoms. The first-order valence-electron chi connectivity index (χ1n) is 9.80. The molecule has 0 bridgehead atoms. The summed E-state index contributed by atoms with van der Waals surface area (Å²) in [7, 11) is -5.00. The van der Waals surface area contributed by atoms with Gasteiger partial charge in [0.05, 0.1) is 10.7 Å². The maximum atomic E-state index is 13.2. The molecule has 3 aromatic rings. The maximum Gasteiger partial charge on any atom is 0.339 e. The smallest absolute Gasteiger partial charge is 0.339 e. The number of nitrogens with one attached hydrogen (secondary N) is 3. The fourth-order valence-corrected chi connectivity index (χ4v) is 3.67. The van der Waals surface area contributed by atoms with Crippen molar-refractivity contribution in [3.63, 3.8) is 0 Å². The largest absolute Gasteiger partial charge is 0.483 e. The van der Waals surface area contributed by atoms with Crippen molar-refractivity contribution in [2.24, 2.45) is 0 Å². The summed E-state index contributed by atoms with van der Waals surface area (Å²) in [6, 6.07) is 12.0. The van der Waals surface area contributed by atoms with Crippen LogP contribution in [0, 0.1) is 0 Å². The SMILES string of the molecule is O=C(COc1ccc(Cl)cc1C(=O)O)Nc1cccc(NC(=O)Nc2cc(S(=O)(=O)F)ccc2Cl)c1. The van der Waals surface area contributed by atoms with Crippen molar-refractivity contribution in [1.29, 1.82) is 0 Å². The third-order valence-electron chi connectivity index (χ3n) is 4.40. The van der Waals surface area contributed by atoms with Crippen molar-refractivity contribution < 1.29 is 36.5 Å². The Labute approximate surface area is 214 Å². The summed E-state index contributed by atoms with van der Waals surface area (Å²) in [5, 5.41) is 16.7. The van der Waals surface area contributed by atoms with Crippen LogP contribution in [-0.2, 0) is 15.0 Å². The predicted molar refractivity (Wildman–Crippen MR) is 131 cm³/mol. The Hall–Kier alpha value is -3.87. The number of hydrogen-bond donors (Lipinski definition) is 4. The van der Waals surface area contributed by atoms with E-state index in [9.17, 15) is 31.8 Å². The molecular weight excluding hydrogens is 540 g/mol. The monoisotopic (exact) mass is 555 g/mol. The van der Waals surface area contributed by atoms with Gasteiger partial charge in [-0.3, -0.25) is 4.79 Å². The summed E-state index contributed by atoms with van der Waals surface area (Å²) in [5.74, 6) is -1.93. The molecular formula is C22H16Cl2FN3O7S. The van der Waals surface area contributed by atoms with Gasteiger partial charge in [0.2, 0.25) is 0 Å². The van der Waals surface area contributed by atoms with Gasteiger partial charge in [0.15, 0.2) is 6.61 Å².